The van der Waals surface area contributed by atoms with Crippen LogP contribution in [0.15, 0.2) is 12.1 Å². The summed E-state index contributed by atoms with van der Waals surface area (Å²) < 4.78 is 27.7. The summed E-state index contributed by atoms with van der Waals surface area (Å²) in [5.41, 5.74) is 8.59. The number of sulfonamides is 1. The first-order valence-electron chi connectivity index (χ1n) is 10.6. The zero-order chi connectivity index (χ0) is 20.6. The maximum atomic E-state index is 13.5. The molecule has 0 fully saturated rings. The molecule has 0 radical (unpaired) electrons. The van der Waals surface area contributed by atoms with Crippen molar-refractivity contribution in [1.82, 2.24) is 15.2 Å². The van der Waals surface area contributed by atoms with Crippen LogP contribution in [0.3, 0.4) is 0 Å². The minimum Gasteiger partial charge on any atom is -0.353 e. The highest BCUT2D eigenvalue weighted by Gasteiger charge is 2.53. The Hall–Kier alpha value is -2.28. The number of anilines is 1. The molecule has 3 heterocycles. The number of hydrogen-bond acceptors (Lipinski definition) is 3. The van der Waals surface area contributed by atoms with Crippen molar-refractivity contribution in [3.8, 4) is 11.4 Å². The smallest absolute Gasteiger partial charge is 0.245 e. The number of aromatic nitrogens is 3. The van der Waals surface area contributed by atoms with E-state index in [4.69, 9.17) is 0 Å². The SMILES string of the molecule is CCN1c2cc3c4c([nH]c3cc2C(CC)(CC)S1(=O)=O)-c1n[nH]c(C)c1CCC4. The van der Waals surface area contributed by atoms with Crippen LogP contribution in [-0.2, 0) is 27.6 Å². The van der Waals surface area contributed by atoms with Gasteiger partial charge in [-0.25, -0.2) is 8.42 Å². The van der Waals surface area contributed by atoms with E-state index in [0.717, 1.165) is 58.5 Å². The Morgan fingerprint density at radius 1 is 1.14 bits per heavy atom. The average molecular weight is 413 g/mol. The van der Waals surface area contributed by atoms with Gasteiger partial charge in [0.05, 0.1) is 11.4 Å². The summed E-state index contributed by atoms with van der Waals surface area (Å²) in [4.78, 5) is 3.61. The molecule has 3 aromatic rings. The highest BCUT2D eigenvalue weighted by molar-refractivity contribution is 7.94. The third-order valence-electron chi connectivity index (χ3n) is 7.16. The number of aryl methyl sites for hydroxylation is 2. The van der Waals surface area contributed by atoms with Crippen molar-refractivity contribution in [2.45, 2.75) is 64.5 Å². The molecule has 0 spiro atoms. The molecule has 0 saturated carbocycles. The number of rotatable bonds is 3. The lowest BCUT2D eigenvalue weighted by Gasteiger charge is -2.27. The van der Waals surface area contributed by atoms with Gasteiger partial charge < -0.3 is 4.98 Å². The van der Waals surface area contributed by atoms with Gasteiger partial charge in [-0.3, -0.25) is 9.40 Å². The second kappa shape index (κ2) is 6.11. The van der Waals surface area contributed by atoms with Crippen LogP contribution in [0.5, 0.6) is 0 Å². The molecule has 5 rings (SSSR count). The number of benzene rings is 1. The second-order valence-corrected chi connectivity index (χ2v) is 10.5. The van der Waals surface area contributed by atoms with Gasteiger partial charge in [-0.15, -0.1) is 0 Å². The molecule has 2 aliphatic rings. The van der Waals surface area contributed by atoms with E-state index in [9.17, 15) is 8.42 Å². The van der Waals surface area contributed by atoms with E-state index >= 15 is 0 Å². The average Bonchev–Trinajstić information content (AvgIpc) is 3.24. The van der Waals surface area contributed by atoms with Crippen molar-refractivity contribution < 1.29 is 8.42 Å². The van der Waals surface area contributed by atoms with Crippen LogP contribution in [0.4, 0.5) is 5.69 Å². The molecule has 1 aliphatic carbocycles. The van der Waals surface area contributed by atoms with Gasteiger partial charge in [0.15, 0.2) is 0 Å². The lowest BCUT2D eigenvalue weighted by molar-refractivity contribution is 0.503. The van der Waals surface area contributed by atoms with Crippen LogP contribution < -0.4 is 4.31 Å². The fourth-order valence-electron chi connectivity index (χ4n) is 5.54. The van der Waals surface area contributed by atoms with Crippen LogP contribution in [0.2, 0.25) is 0 Å². The van der Waals surface area contributed by atoms with Crippen molar-refractivity contribution in [1.29, 1.82) is 0 Å². The van der Waals surface area contributed by atoms with Gasteiger partial charge in [0.2, 0.25) is 10.0 Å². The minimum atomic E-state index is -3.43. The van der Waals surface area contributed by atoms with Crippen molar-refractivity contribution >= 4 is 26.6 Å². The third kappa shape index (κ3) is 2.17. The van der Waals surface area contributed by atoms with Gasteiger partial charge in [-0.1, -0.05) is 13.8 Å². The van der Waals surface area contributed by atoms with Gasteiger partial charge in [0.25, 0.3) is 0 Å². The summed E-state index contributed by atoms with van der Waals surface area (Å²) in [6.45, 7) is 8.42. The molecule has 1 aromatic carbocycles. The van der Waals surface area contributed by atoms with E-state index in [1.807, 2.05) is 20.8 Å². The van der Waals surface area contributed by atoms with Crippen molar-refractivity contribution in [3.63, 3.8) is 0 Å². The molecule has 0 unspecified atom stereocenters. The number of fused-ring (bicyclic) bond motifs is 6. The Labute approximate surface area is 171 Å². The molecule has 6 nitrogen and oxygen atoms in total. The first kappa shape index (κ1) is 18.7. The number of H-pyrrole nitrogens is 2. The maximum Gasteiger partial charge on any atom is 0.245 e. The Morgan fingerprint density at radius 2 is 1.86 bits per heavy atom. The second-order valence-electron chi connectivity index (χ2n) is 8.29. The largest absolute Gasteiger partial charge is 0.353 e. The molecular formula is C22H28N4O2S. The van der Waals surface area contributed by atoms with Gasteiger partial charge in [-0.2, -0.15) is 5.10 Å². The summed E-state index contributed by atoms with van der Waals surface area (Å²) in [7, 11) is -3.43. The van der Waals surface area contributed by atoms with Crippen LogP contribution in [0, 0.1) is 6.92 Å². The van der Waals surface area contributed by atoms with Crippen LogP contribution in [-0.4, -0.2) is 30.1 Å². The van der Waals surface area contributed by atoms with E-state index in [1.54, 1.807) is 4.31 Å². The fraction of sp³-hybridized carbons (Fsp3) is 0.500. The molecule has 0 bridgehead atoms. The highest BCUT2D eigenvalue weighted by Crippen LogP contribution is 2.53. The van der Waals surface area contributed by atoms with Gasteiger partial charge in [-0.05, 0) is 63.6 Å². The highest BCUT2D eigenvalue weighted by atomic mass is 32.2. The summed E-state index contributed by atoms with van der Waals surface area (Å²) in [5.74, 6) is 0. The first-order chi connectivity index (χ1) is 13.9. The molecule has 0 amide bonds. The monoisotopic (exact) mass is 412 g/mol. The summed E-state index contributed by atoms with van der Waals surface area (Å²) in [6.07, 6.45) is 4.19. The molecule has 2 aromatic heterocycles. The van der Waals surface area contributed by atoms with Crippen molar-refractivity contribution in [3.05, 3.63) is 34.5 Å². The lowest BCUT2D eigenvalue weighted by atomic mass is 9.90. The minimum absolute atomic E-state index is 0.456. The Kier molecular flexibility index (Phi) is 3.95. The van der Waals surface area contributed by atoms with Crippen molar-refractivity contribution in [2.24, 2.45) is 0 Å². The predicted molar refractivity (Wildman–Crippen MR) is 117 cm³/mol. The van der Waals surface area contributed by atoms with Crippen molar-refractivity contribution in [2.75, 3.05) is 10.8 Å². The third-order valence-corrected chi connectivity index (χ3v) is 9.98. The van der Waals surface area contributed by atoms with Gasteiger partial charge in [0.1, 0.15) is 10.4 Å². The number of nitrogens with zero attached hydrogens (tertiary/aromatic N) is 2. The molecule has 29 heavy (non-hydrogen) atoms. The zero-order valence-corrected chi connectivity index (χ0v) is 18.3. The quantitative estimate of drug-likeness (QED) is 0.663. The van der Waals surface area contributed by atoms with Gasteiger partial charge >= 0.3 is 0 Å². The normalized spacial score (nSPS) is 19.1. The Morgan fingerprint density at radius 3 is 2.55 bits per heavy atom. The van der Waals surface area contributed by atoms with Crippen LogP contribution in [0.1, 0.15) is 62.4 Å². The van der Waals surface area contributed by atoms with Gasteiger partial charge in [0, 0.05) is 34.3 Å². The molecule has 7 heteroatoms. The predicted octanol–water partition coefficient (Wildman–Crippen LogP) is 4.54. The Bertz CT molecular complexity index is 1230. The van der Waals surface area contributed by atoms with E-state index in [1.165, 1.54) is 11.1 Å². The lowest BCUT2D eigenvalue weighted by Crippen LogP contribution is -2.39. The topological polar surface area (TPSA) is 81.8 Å². The van der Waals surface area contributed by atoms with E-state index < -0.39 is 14.8 Å². The molecule has 1 aliphatic heterocycles. The standard InChI is InChI=1S/C22H28N4O2S/c1-5-22(6-2)17-12-18-16(11-19(17)26(7-3)29(22,27)28)15-10-8-9-14-13(4)24-25-21(14)20(15)23-18/h11-12,23H,5-10H2,1-4H3,(H,24,25). The zero-order valence-electron chi connectivity index (χ0n) is 17.5. The number of nitrogens with one attached hydrogen (secondary N) is 2. The molecule has 0 saturated heterocycles. The molecule has 0 atom stereocenters. The number of aromatic amines is 2. The van der Waals surface area contributed by atoms with E-state index in [0.29, 0.717) is 19.4 Å². The van der Waals surface area contributed by atoms with E-state index in [2.05, 4.69) is 34.2 Å². The van der Waals surface area contributed by atoms with E-state index in [-0.39, 0.29) is 0 Å². The molecule has 2 N–H and O–H groups in total. The maximum absolute atomic E-state index is 13.5. The summed E-state index contributed by atoms with van der Waals surface area (Å²) in [6, 6.07) is 4.21. The molecular weight excluding hydrogens is 384 g/mol. The first-order valence-corrected chi connectivity index (χ1v) is 12.1. The fourth-order valence-corrected chi connectivity index (χ4v) is 7.88. The summed E-state index contributed by atoms with van der Waals surface area (Å²) in [5, 5.41) is 8.85. The van der Waals surface area contributed by atoms with Crippen LogP contribution in [0.25, 0.3) is 22.3 Å². The summed E-state index contributed by atoms with van der Waals surface area (Å²) >= 11 is 0. The molecule has 154 valence electrons. The number of hydrogen-bond donors (Lipinski definition) is 2. The Balaban J connectivity index is 1.83. The van der Waals surface area contributed by atoms with Crippen LogP contribution >= 0.6 is 0 Å².